The number of anilines is 1. The summed E-state index contributed by atoms with van der Waals surface area (Å²) in [5.74, 6) is 0.0864. The largest absolute Gasteiger partial charge is 0.326 e. The van der Waals surface area contributed by atoms with E-state index in [-0.39, 0.29) is 5.91 Å². The van der Waals surface area contributed by atoms with Crippen LogP contribution >= 0.6 is 0 Å². The van der Waals surface area contributed by atoms with Crippen LogP contribution in [-0.4, -0.2) is 5.91 Å². The zero-order chi connectivity index (χ0) is 16.0. The van der Waals surface area contributed by atoms with Gasteiger partial charge in [0.15, 0.2) is 0 Å². The number of benzene rings is 1. The lowest BCUT2D eigenvalue weighted by Gasteiger charge is -2.13. The summed E-state index contributed by atoms with van der Waals surface area (Å²) in [4.78, 5) is 11.4. The summed E-state index contributed by atoms with van der Waals surface area (Å²) >= 11 is 0. The van der Waals surface area contributed by atoms with Crippen molar-refractivity contribution in [3.8, 4) is 0 Å². The van der Waals surface area contributed by atoms with E-state index in [9.17, 15) is 4.79 Å². The molecule has 1 rings (SSSR count). The van der Waals surface area contributed by atoms with Crippen LogP contribution in [-0.2, 0) is 11.2 Å². The highest BCUT2D eigenvalue weighted by atomic mass is 16.1. The molecule has 0 fully saturated rings. The zero-order valence-electron chi connectivity index (χ0n) is 14.5. The van der Waals surface area contributed by atoms with Crippen molar-refractivity contribution < 1.29 is 4.79 Å². The van der Waals surface area contributed by atoms with E-state index >= 15 is 0 Å². The fourth-order valence-corrected chi connectivity index (χ4v) is 1.74. The maximum atomic E-state index is 11.4. The fourth-order valence-electron chi connectivity index (χ4n) is 1.74. The first kappa shape index (κ1) is 21.0. The van der Waals surface area contributed by atoms with Gasteiger partial charge in [0.25, 0.3) is 0 Å². The molecule has 0 heterocycles. The molecule has 0 saturated heterocycles. The van der Waals surface area contributed by atoms with E-state index in [0.29, 0.717) is 6.42 Å². The van der Waals surface area contributed by atoms with Gasteiger partial charge in [-0.15, -0.1) is 0 Å². The lowest BCUT2D eigenvalue weighted by atomic mass is 10.0. The minimum Gasteiger partial charge on any atom is -0.326 e. The molecule has 116 valence electrons. The number of carbonyl (C=O) groups excluding carboxylic acids is 1. The molecule has 0 aliphatic carbocycles. The van der Waals surface area contributed by atoms with Gasteiger partial charge in [0.05, 0.1) is 0 Å². The number of nitrogens with one attached hydrogen (secondary N) is 1. The van der Waals surface area contributed by atoms with E-state index in [4.69, 9.17) is 0 Å². The van der Waals surface area contributed by atoms with Crippen LogP contribution in [0.15, 0.2) is 18.2 Å². The van der Waals surface area contributed by atoms with Gasteiger partial charge in [0.2, 0.25) is 5.91 Å². The molecule has 0 bridgehead atoms. The number of hydrogen-bond donors (Lipinski definition) is 1. The molecule has 1 aromatic carbocycles. The van der Waals surface area contributed by atoms with Crippen molar-refractivity contribution in [1.82, 2.24) is 0 Å². The highest BCUT2D eigenvalue weighted by molar-refractivity contribution is 5.91. The molecule has 0 aliphatic heterocycles. The molecule has 0 aromatic heterocycles. The molecular formula is C18H33NO. The van der Waals surface area contributed by atoms with Crippen molar-refractivity contribution in [1.29, 1.82) is 0 Å². The van der Waals surface area contributed by atoms with E-state index in [0.717, 1.165) is 12.1 Å². The third-order valence-electron chi connectivity index (χ3n) is 2.79. The van der Waals surface area contributed by atoms with Crippen molar-refractivity contribution in [2.24, 2.45) is 0 Å². The average Bonchev–Trinajstić information content (AvgIpc) is 2.50. The monoisotopic (exact) mass is 279 g/mol. The van der Waals surface area contributed by atoms with Crippen LogP contribution in [0.1, 0.15) is 71.9 Å². The second-order valence-corrected chi connectivity index (χ2v) is 4.11. The molecule has 0 radical (unpaired) electrons. The number of carbonyl (C=O) groups is 1. The zero-order valence-corrected chi connectivity index (χ0v) is 14.5. The van der Waals surface area contributed by atoms with Crippen LogP contribution in [0, 0.1) is 6.92 Å². The standard InChI is InChI=1S/C14H21NO.2C2H6/c1-4-6-9-12-11(3)8-7-10-13(12)15-14(16)5-2;2*1-2/h7-8,10H,4-6,9H2,1-3H3,(H,15,16);2*1-2H3. The Morgan fingerprint density at radius 3 is 2.20 bits per heavy atom. The summed E-state index contributed by atoms with van der Waals surface area (Å²) in [6.07, 6.45) is 3.92. The number of rotatable bonds is 5. The van der Waals surface area contributed by atoms with Gasteiger partial charge in [0.1, 0.15) is 0 Å². The molecular weight excluding hydrogens is 246 g/mol. The predicted molar refractivity (Wildman–Crippen MR) is 91.4 cm³/mol. The maximum Gasteiger partial charge on any atom is 0.224 e. The normalized spacial score (nSPS) is 8.75. The number of amides is 1. The number of unbranched alkanes of at least 4 members (excludes halogenated alkanes) is 1. The first-order chi connectivity index (χ1) is 9.69. The molecule has 1 amide bonds. The Bertz CT molecular complexity index is 358. The van der Waals surface area contributed by atoms with Crippen LogP contribution in [0.5, 0.6) is 0 Å². The van der Waals surface area contributed by atoms with Crippen molar-refractivity contribution in [2.75, 3.05) is 5.32 Å². The van der Waals surface area contributed by atoms with Gasteiger partial charge in [-0.1, -0.05) is 60.1 Å². The summed E-state index contributed by atoms with van der Waals surface area (Å²) in [5, 5.41) is 2.97. The first-order valence-corrected chi connectivity index (χ1v) is 8.07. The molecule has 1 aromatic rings. The number of hydrogen-bond acceptors (Lipinski definition) is 1. The molecule has 0 aliphatic rings. The Hall–Kier alpha value is -1.31. The Labute approximate surface area is 126 Å². The Balaban J connectivity index is 0. The van der Waals surface area contributed by atoms with E-state index in [2.05, 4.69) is 25.2 Å². The van der Waals surface area contributed by atoms with Crippen molar-refractivity contribution in [3.63, 3.8) is 0 Å². The van der Waals surface area contributed by atoms with Crippen molar-refractivity contribution >= 4 is 11.6 Å². The minimum atomic E-state index is 0.0864. The van der Waals surface area contributed by atoms with E-state index in [1.807, 2.05) is 46.8 Å². The van der Waals surface area contributed by atoms with Gasteiger partial charge in [-0.3, -0.25) is 4.79 Å². The highest BCUT2D eigenvalue weighted by Crippen LogP contribution is 2.21. The van der Waals surface area contributed by atoms with Gasteiger partial charge in [-0.05, 0) is 37.0 Å². The third-order valence-corrected chi connectivity index (χ3v) is 2.79. The molecule has 2 nitrogen and oxygen atoms in total. The van der Waals surface area contributed by atoms with Gasteiger partial charge in [-0.2, -0.15) is 0 Å². The quantitative estimate of drug-likeness (QED) is 0.731. The highest BCUT2D eigenvalue weighted by Gasteiger charge is 2.07. The molecule has 0 unspecified atom stereocenters. The summed E-state index contributed by atoms with van der Waals surface area (Å²) in [7, 11) is 0. The lowest BCUT2D eigenvalue weighted by molar-refractivity contribution is -0.115. The Kier molecular flexibility index (Phi) is 14.8. The molecule has 20 heavy (non-hydrogen) atoms. The summed E-state index contributed by atoms with van der Waals surface area (Å²) in [6, 6.07) is 6.09. The van der Waals surface area contributed by atoms with Crippen molar-refractivity contribution in [2.45, 2.75) is 74.1 Å². The summed E-state index contributed by atoms with van der Waals surface area (Å²) in [6.45, 7) is 14.2. The van der Waals surface area contributed by atoms with Gasteiger partial charge >= 0.3 is 0 Å². The smallest absolute Gasteiger partial charge is 0.224 e. The van der Waals surface area contributed by atoms with E-state index < -0.39 is 0 Å². The average molecular weight is 279 g/mol. The Morgan fingerprint density at radius 1 is 1.10 bits per heavy atom. The number of aryl methyl sites for hydroxylation is 1. The fraction of sp³-hybridized carbons (Fsp3) is 0.611. The van der Waals surface area contributed by atoms with Crippen LogP contribution < -0.4 is 5.32 Å². The third kappa shape index (κ3) is 7.98. The van der Waals surface area contributed by atoms with Gasteiger partial charge in [0, 0.05) is 12.1 Å². The van der Waals surface area contributed by atoms with Crippen LogP contribution in [0.3, 0.4) is 0 Å². The maximum absolute atomic E-state index is 11.4. The van der Waals surface area contributed by atoms with Crippen molar-refractivity contribution in [3.05, 3.63) is 29.3 Å². The lowest BCUT2D eigenvalue weighted by Crippen LogP contribution is -2.11. The second-order valence-electron chi connectivity index (χ2n) is 4.11. The molecule has 0 atom stereocenters. The van der Waals surface area contributed by atoms with Gasteiger partial charge < -0.3 is 5.32 Å². The molecule has 0 saturated carbocycles. The molecule has 1 N–H and O–H groups in total. The van der Waals surface area contributed by atoms with Gasteiger partial charge in [-0.25, -0.2) is 0 Å². The second kappa shape index (κ2) is 14.1. The predicted octanol–water partition coefficient (Wildman–Crippen LogP) is 5.74. The topological polar surface area (TPSA) is 29.1 Å². The minimum absolute atomic E-state index is 0.0864. The van der Waals surface area contributed by atoms with E-state index in [1.54, 1.807) is 0 Å². The molecule has 2 heteroatoms. The first-order valence-electron chi connectivity index (χ1n) is 8.07. The SMILES string of the molecule is CC.CC.CCCCc1c(C)cccc1NC(=O)CC. The summed E-state index contributed by atoms with van der Waals surface area (Å²) in [5.41, 5.74) is 3.54. The summed E-state index contributed by atoms with van der Waals surface area (Å²) < 4.78 is 0. The Morgan fingerprint density at radius 2 is 1.70 bits per heavy atom. The molecule has 0 spiro atoms. The van der Waals surface area contributed by atoms with Crippen LogP contribution in [0.2, 0.25) is 0 Å². The van der Waals surface area contributed by atoms with Crippen LogP contribution in [0.25, 0.3) is 0 Å². The van der Waals surface area contributed by atoms with Crippen LogP contribution in [0.4, 0.5) is 5.69 Å². The van der Waals surface area contributed by atoms with E-state index in [1.165, 1.54) is 24.0 Å².